The van der Waals surface area contributed by atoms with E-state index in [2.05, 4.69) is 0 Å². The van der Waals surface area contributed by atoms with Crippen LogP contribution < -0.4 is 4.74 Å². The molecule has 6 heteroatoms. The van der Waals surface area contributed by atoms with Gasteiger partial charge in [0.1, 0.15) is 5.75 Å². The first-order valence-electron chi connectivity index (χ1n) is 8.37. The molecule has 0 saturated heterocycles. The predicted molar refractivity (Wildman–Crippen MR) is 101 cm³/mol. The highest BCUT2D eigenvalue weighted by Crippen LogP contribution is 2.22. The quantitative estimate of drug-likeness (QED) is 0.356. The first-order chi connectivity index (χ1) is 13.5. The molecule has 0 aliphatic heterocycles. The van der Waals surface area contributed by atoms with Crippen LogP contribution >= 0.6 is 0 Å². The lowest BCUT2D eigenvalue weighted by Gasteiger charge is -2.04. The second kappa shape index (κ2) is 8.43. The van der Waals surface area contributed by atoms with Gasteiger partial charge in [0, 0.05) is 11.6 Å². The summed E-state index contributed by atoms with van der Waals surface area (Å²) >= 11 is 0. The number of halogens is 2. The average Bonchev–Trinajstić information content (AvgIpc) is 2.71. The van der Waals surface area contributed by atoms with Crippen LogP contribution in [0, 0.1) is 11.6 Å². The van der Waals surface area contributed by atoms with Gasteiger partial charge in [-0.1, -0.05) is 18.2 Å². The minimum absolute atomic E-state index is 0.0689. The molecule has 0 bridgehead atoms. The largest absolute Gasteiger partial charge is 0.497 e. The number of carbonyl (C=O) groups is 2. The molecule has 28 heavy (non-hydrogen) atoms. The van der Waals surface area contributed by atoms with E-state index in [1.807, 2.05) is 36.4 Å². The lowest BCUT2D eigenvalue weighted by molar-refractivity contribution is -0.136. The average molecular weight is 382 g/mol. The Morgan fingerprint density at radius 1 is 0.929 bits per heavy atom. The predicted octanol–water partition coefficient (Wildman–Crippen LogP) is 4.57. The number of fused-ring (bicyclic) bond motifs is 1. The SMILES string of the molecule is COc1ccc2cc(/C=C/C(=O)OCC(=O)c3ccc(F)c(F)c3)ccc2c1. The number of hydrogen-bond acceptors (Lipinski definition) is 4. The van der Waals surface area contributed by atoms with E-state index in [-0.39, 0.29) is 5.56 Å². The molecule has 0 aliphatic rings. The van der Waals surface area contributed by atoms with Crippen LogP contribution in [0.2, 0.25) is 0 Å². The fraction of sp³-hybridized carbons (Fsp3) is 0.0909. The Bertz CT molecular complexity index is 1070. The van der Waals surface area contributed by atoms with Gasteiger partial charge < -0.3 is 9.47 Å². The maximum absolute atomic E-state index is 13.1. The van der Waals surface area contributed by atoms with E-state index >= 15 is 0 Å². The van der Waals surface area contributed by atoms with Crippen LogP contribution in [-0.2, 0) is 9.53 Å². The van der Waals surface area contributed by atoms with Crippen molar-refractivity contribution in [1.82, 2.24) is 0 Å². The molecule has 3 rings (SSSR count). The monoisotopic (exact) mass is 382 g/mol. The zero-order valence-electron chi connectivity index (χ0n) is 14.9. The zero-order valence-corrected chi connectivity index (χ0v) is 14.9. The molecule has 0 spiro atoms. The van der Waals surface area contributed by atoms with E-state index in [1.54, 1.807) is 13.2 Å². The maximum Gasteiger partial charge on any atom is 0.331 e. The lowest BCUT2D eigenvalue weighted by Crippen LogP contribution is -2.13. The Kier molecular flexibility index (Phi) is 5.79. The molecule has 0 amide bonds. The van der Waals surface area contributed by atoms with E-state index in [9.17, 15) is 18.4 Å². The molecule has 142 valence electrons. The number of esters is 1. The van der Waals surface area contributed by atoms with E-state index in [1.165, 1.54) is 6.08 Å². The van der Waals surface area contributed by atoms with Gasteiger partial charge in [-0.2, -0.15) is 0 Å². The van der Waals surface area contributed by atoms with Crippen LogP contribution in [0.5, 0.6) is 5.75 Å². The van der Waals surface area contributed by atoms with Gasteiger partial charge >= 0.3 is 5.97 Å². The Morgan fingerprint density at radius 3 is 2.43 bits per heavy atom. The number of methoxy groups -OCH3 is 1. The zero-order chi connectivity index (χ0) is 20.1. The maximum atomic E-state index is 13.1. The van der Waals surface area contributed by atoms with Gasteiger partial charge in [-0.3, -0.25) is 4.79 Å². The minimum Gasteiger partial charge on any atom is -0.497 e. The van der Waals surface area contributed by atoms with Gasteiger partial charge in [-0.25, -0.2) is 13.6 Å². The molecule has 0 fully saturated rings. The highest BCUT2D eigenvalue weighted by atomic mass is 19.2. The van der Waals surface area contributed by atoms with Crippen molar-refractivity contribution in [2.24, 2.45) is 0 Å². The third-order valence-electron chi connectivity index (χ3n) is 4.07. The van der Waals surface area contributed by atoms with Crippen LogP contribution in [0.25, 0.3) is 16.8 Å². The van der Waals surface area contributed by atoms with Gasteiger partial charge in [0.2, 0.25) is 0 Å². The van der Waals surface area contributed by atoms with Crippen molar-refractivity contribution in [2.75, 3.05) is 13.7 Å². The summed E-state index contributed by atoms with van der Waals surface area (Å²) in [5.41, 5.74) is 0.710. The van der Waals surface area contributed by atoms with Gasteiger partial charge in [-0.15, -0.1) is 0 Å². The van der Waals surface area contributed by atoms with Crippen LogP contribution in [0.1, 0.15) is 15.9 Å². The number of ketones is 1. The van der Waals surface area contributed by atoms with E-state index in [4.69, 9.17) is 9.47 Å². The molecular formula is C22H16F2O4. The van der Waals surface area contributed by atoms with Crippen molar-refractivity contribution < 1.29 is 27.8 Å². The number of hydrogen-bond donors (Lipinski definition) is 0. The third kappa shape index (κ3) is 4.59. The fourth-order valence-corrected chi connectivity index (χ4v) is 2.57. The second-order valence-electron chi connectivity index (χ2n) is 5.97. The summed E-state index contributed by atoms with van der Waals surface area (Å²) in [4.78, 5) is 23.7. The Morgan fingerprint density at radius 2 is 1.68 bits per heavy atom. The van der Waals surface area contributed by atoms with E-state index < -0.39 is 30.0 Å². The molecule has 0 radical (unpaired) electrons. The Hall–Kier alpha value is -3.54. The third-order valence-corrected chi connectivity index (χ3v) is 4.07. The topological polar surface area (TPSA) is 52.6 Å². The lowest BCUT2D eigenvalue weighted by atomic mass is 10.1. The van der Waals surface area contributed by atoms with E-state index in [0.29, 0.717) is 0 Å². The second-order valence-corrected chi connectivity index (χ2v) is 5.97. The molecule has 0 N–H and O–H groups in total. The highest BCUT2D eigenvalue weighted by molar-refractivity contribution is 5.99. The minimum atomic E-state index is -1.13. The summed E-state index contributed by atoms with van der Waals surface area (Å²) in [5, 5.41) is 1.97. The number of Topliss-reactive ketones (excluding diaryl/α,β-unsaturated/α-hetero) is 1. The Balaban J connectivity index is 1.61. The van der Waals surface area contributed by atoms with Crippen molar-refractivity contribution in [3.8, 4) is 5.75 Å². The van der Waals surface area contributed by atoms with Crippen molar-refractivity contribution in [2.45, 2.75) is 0 Å². The first kappa shape index (κ1) is 19.2. The van der Waals surface area contributed by atoms with Gasteiger partial charge in [0.05, 0.1) is 7.11 Å². The number of ether oxygens (including phenoxy) is 2. The molecule has 3 aromatic rings. The van der Waals surface area contributed by atoms with E-state index in [0.717, 1.165) is 40.3 Å². The molecule has 0 aliphatic carbocycles. The summed E-state index contributed by atoms with van der Waals surface area (Å²) in [6.07, 6.45) is 2.76. The van der Waals surface area contributed by atoms with Crippen LogP contribution in [0.3, 0.4) is 0 Å². The van der Waals surface area contributed by atoms with Crippen LogP contribution in [-0.4, -0.2) is 25.5 Å². The van der Waals surface area contributed by atoms with Gasteiger partial charge in [0.25, 0.3) is 0 Å². The summed E-state index contributed by atoms with van der Waals surface area (Å²) in [7, 11) is 1.60. The molecule has 0 heterocycles. The molecule has 4 nitrogen and oxygen atoms in total. The summed E-state index contributed by atoms with van der Waals surface area (Å²) in [6, 6.07) is 14.0. The normalized spacial score (nSPS) is 11.0. The summed E-state index contributed by atoms with van der Waals surface area (Å²) < 4.78 is 36.1. The summed E-state index contributed by atoms with van der Waals surface area (Å²) in [6.45, 7) is -0.564. The molecular weight excluding hydrogens is 366 g/mol. The molecule has 0 atom stereocenters. The highest BCUT2D eigenvalue weighted by Gasteiger charge is 2.11. The first-order valence-corrected chi connectivity index (χ1v) is 8.37. The molecule has 0 aromatic heterocycles. The van der Waals surface area contributed by atoms with Crippen LogP contribution in [0.15, 0.2) is 60.7 Å². The number of rotatable bonds is 6. The van der Waals surface area contributed by atoms with Crippen molar-refractivity contribution in [3.63, 3.8) is 0 Å². The van der Waals surface area contributed by atoms with Crippen molar-refractivity contribution in [3.05, 3.63) is 83.4 Å². The Labute approximate surface area is 160 Å². The summed E-state index contributed by atoms with van der Waals surface area (Å²) in [5.74, 6) is -2.77. The van der Waals surface area contributed by atoms with Gasteiger partial charge in [0.15, 0.2) is 24.0 Å². The van der Waals surface area contributed by atoms with Crippen molar-refractivity contribution in [1.29, 1.82) is 0 Å². The number of carbonyl (C=O) groups excluding carboxylic acids is 2. The van der Waals surface area contributed by atoms with Crippen LogP contribution in [0.4, 0.5) is 8.78 Å². The van der Waals surface area contributed by atoms with Gasteiger partial charge in [-0.05, 0) is 58.8 Å². The molecule has 3 aromatic carbocycles. The standard InChI is InChI=1S/C22H16F2O4/c1-27-18-7-5-15-10-14(2-4-16(15)11-18)3-9-22(26)28-13-21(25)17-6-8-19(23)20(24)12-17/h2-12H,13H2,1H3/b9-3+. The molecule has 0 unspecified atom stereocenters. The molecule has 0 saturated carbocycles. The number of benzene rings is 3. The van der Waals surface area contributed by atoms with Crippen molar-refractivity contribution >= 4 is 28.6 Å². The fourth-order valence-electron chi connectivity index (χ4n) is 2.57. The smallest absolute Gasteiger partial charge is 0.331 e.